The number of anilines is 1. The molecule has 2 aliphatic rings. The van der Waals surface area contributed by atoms with Gasteiger partial charge in [-0.3, -0.25) is 4.79 Å². The summed E-state index contributed by atoms with van der Waals surface area (Å²) in [5.74, 6) is 0.690. The molecule has 0 aliphatic carbocycles. The quantitative estimate of drug-likeness (QED) is 0.839. The monoisotopic (exact) mass is 372 g/mol. The Morgan fingerprint density at radius 1 is 1.33 bits per heavy atom. The molecule has 2 fully saturated rings. The highest BCUT2D eigenvalue weighted by molar-refractivity contribution is 9.10. The maximum Gasteiger partial charge on any atom is 0.224 e. The van der Waals surface area contributed by atoms with Crippen LogP contribution in [0.5, 0.6) is 0 Å². The van der Waals surface area contributed by atoms with Crippen molar-refractivity contribution in [3.05, 3.63) is 28.2 Å². The van der Waals surface area contributed by atoms with E-state index in [0.29, 0.717) is 24.4 Å². The van der Waals surface area contributed by atoms with Crippen LogP contribution in [0.3, 0.4) is 0 Å². The highest BCUT2D eigenvalue weighted by Gasteiger charge is 2.34. The van der Waals surface area contributed by atoms with Gasteiger partial charge in [0.2, 0.25) is 5.91 Å². The maximum absolute atomic E-state index is 12.2. The molecule has 1 aromatic rings. The van der Waals surface area contributed by atoms with Crippen LogP contribution >= 0.6 is 28.3 Å². The van der Waals surface area contributed by atoms with Gasteiger partial charge in [-0.1, -0.05) is 22.0 Å². The number of hydrogen-bond acceptors (Lipinski definition) is 2. The predicted molar refractivity (Wildman–Crippen MR) is 92.0 cm³/mol. The van der Waals surface area contributed by atoms with E-state index in [1.54, 1.807) is 0 Å². The van der Waals surface area contributed by atoms with Crippen LogP contribution in [0.1, 0.15) is 37.7 Å². The molecular weight excluding hydrogens is 352 g/mol. The third kappa shape index (κ3) is 4.21. The summed E-state index contributed by atoms with van der Waals surface area (Å²) >= 11 is 3.50. The molecule has 3 rings (SSSR count). The van der Waals surface area contributed by atoms with Gasteiger partial charge in [-0.15, -0.1) is 12.4 Å². The van der Waals surface area contributed by atoms with E-state index in [0.717, 1.165) is 23.0 Å². The lowest BCUT2D eigenvalue weighted by Gasteiger charge is -2.28. The molecule has 2 aliphatic heterocycles. The topological polar surface area (TPSA) is 41.1 Å². The van der Waals surface area contributed by atoms with Crippen LogP contribution in [0, 0.1) is 12.8 Å². The summed E-state index contributed by atoms with van der Waals surface area (Å²) in [5, 5.41) is 6.64. The number of halogens is 2. The number of hydrogen-bond donors (Lipinski definition) is 2. The lowest BCUT2D eigenvalue weighted by Crippen LogP contribution is -2.39. The molecule has 0 aromatic heterocycles. The van der Waals surface area contributed by atoms with Crippen LogP contribution in [0.25, 0.3) is 0 Å². The Morgan fingerprint density at radius 2 is 2.00 bits per heavy atom. The van der Waals surface area contributed by atoms with Crippen molar-refractivity contribution in [1.29, 1.82) is 0 Å². The van der Waals surface area contributed by atoms with Gasteiger partial charge in [-0.25, -0.2) is 0 Å². The Hall–Kier alpha value is -0.580. The number of amides is 1. The third-order valence-corrected chi connectivity index (χ3v) is 5.35. The first kappa shape index (κ1) is 16.8. The Bertz CT molecular complexity index is 511. The number of aryl methyl sites for hydroxylation is 1. The summed E-state index contributed by atoms with van der Waals surface area (Å²) in [6.45, 7) is 2.04. The van der Waals surface area contributed by atoms with Crippen molar-refractivity contribution in [2.45, 2.75) is 51.1 Å². The first-order valence-electron chi connectivity index (χ1n) is 7.42. The lowest BCUT2D eigenvalue weighted by atomic mass is 9.89. The molecule has 0 radical (unpaired) electrons. The van der Waals surface area contributed by atoms with E-state index in [1.807, 2.05) is 25.1 Å². The molecule has 3 nitrogen and oxygen atoms in total. The number of carbonyl (C=O) groups is 1. The molecule has 116 valence electrons. The van der Waals surface area contributed by atoms with Crippen molar-refractivity contribution >= 4 is 39.9 Å². The van der Waals surface area contributed by atoms with Gasteiger partial charge in [0, 0.05) is 28.7 Å². The van der Waals surface area contributed by atoms with Crippen molar-refractivity contribution in [2.75, 3.05) is 5.32 Å². The van der Waals surface area contributed by atoms with E-state index in [-0.39, 0.29) is 18.3 Å². The van der Waals surface area contributed by atoms with Crippen molar-refractivity contribution in [1.82, 2.24) is 5.32 Å². The van der Waals surface area contributed by atoms with E-state index in [1.165, 1.54) is 18.4 Å². The van der Waals surface area contributed by atoms with Crippen LogP contribution in [0.15, 0.2) is 22.7 Å². The van der Waals surface area contributed by atoms with Crippen LogP contribution in [0.2, 0.25) is 0 Å². The molecule has 1 aromatic carbocycles. The lowest BCUT2D eigenvalue weighted by molar-refractivity contribution is -0.117. The summed E-state index contributed by atoms with van der Waals surface area (Å²) in [5.41, 5.74) is 2.06. The number of nitrogens with one attached hydrogen (secondary N) is 2. The zero-order chi connectivity index (χ0) is 14.1. The fourth-order valence-electron chi connectivity index (χ4n) is 3.49. The van der Waals surface area contributed by atoms with E-state index >= 15 is 0 Å². The van der Waals surface area contributed by atoms with E-state index in [2.05, 4.69) is 26.6 Å². The highest BCUT2D eigenvalue weighted by Crippen LogP contribution is 2.32. The fourth-order valence-corrected chi connectivity index (χ4v) is 3.87. The number of carbonyl (C=O) groups excluding carboxylic acids is 1. The maximum atomic E-state index is 12.2. The fraction of sp³-hybridized carbons (Fsp3) is 0.562. The van der Waals surface area contributed by atoms with Gasteiger partial charge >= 0.3 is 0 Å². The van der Waals surface area contributed by atoms with E-state index < -0.39 is 0 Å². The summed E-state index contributed by atoms with van der Waals surface area (Å²) in [4.78, 5) is 12.2. The van der Waals surface area contributed by atoms with Gasteiger partial charge in [0.1, 0.15) is 0 Å². The Balaban J connectivity index is 0.00000161. The van der Waals surface area contributed by atoms with Gasteiger partial charge in [0.15, 0.2) is 0 Å². The second-order valence-electron chi connectivity index (χ2n) is 6.19. The summed E-state index contributed by atoms with van der Waals surface area (Å²) < 4.78 is 1.04. The van der Waals surface area contributed by atoms with Gasteiger partial charge in [0.05, 0.1) is 0 Å². The minimum absolute atomic E-state index is 0. The molecule has 2 heterocycles. The largest absolute Gasteiger partial charge is 0.326 e. The standard InChI is InChI=1S/C16H21BrN2O.ClH/c1-10-2-3-14(9-15(10)17)19-16(20)8-11-6-12-4-5-13(7-11)18-12;/h2-3,9,11-13,18H,4-8H2,1H3,(H,19,20);1H. The zero-order valence-corrected chi connectivity index (χ0v) is 14.6. The molecule has 2 unspecified atom stereocenters. The highest BCUT2D eigenvalue weighted by atomic mass is 79.9. The second-order valence-corrected chi connectivity index (χ2v) is 7.05. The van der Waals surface area contributed by atoms with Crippen molar-refractivity contribution < 1.29 is 4.79 Å². The van der Waals surface area contributed by atoms with E-state index in [4.69, 9.17) is 0 Å². The average Bonchev–Trinajstić information content (AvgIpc) is 2.73. The zero-order valence-electron chi connectivity index (χ0n) is 12.2. The number of benzene rings is 1. The van der Waals surface area contributed by atoms with Crippen LogP contribution in [-0.2, 0) is 4.79 Å². The Morgan fingerprint density at radius 3 is 2.62 bits per heavy atom. The molecule has 2 N–H and O–H groups in total. The number of rotatable bonds is 3. The molecule has 2 bridgehead atoms. The first-order chi connectivity index (χ1) is 9.60. The molecule has 1 amide bonds. The summed E-state index contributed by atoms with van der Waals surface area (Å²) in [6.07, 6.45) is 5.53. The van der Waals surface area contributed by atoms with Crippen molar-refractivity contribution in [3.8, 4) is 0 Å². The predicted octanol–water partition coefficient (Wildman–Crippen LogP) is 4.04. The van der Waals surface area contributed by atoms with Gasteiger partial charge < -0.3 is 10.6 Å². The number of piperidine rings is 1. The molecule has 0 saturated carbocycles. The SMILES string of the molecule is Cc1ccc(NC(=O)CC2CC3CCC(C2)N3)cc1Br.Cl. The van der Waals surface area contributed by atoms with Crippen LogP contribution in [0.4, 0.5) is 5.69 Å². The smallest absolute Gasteiger partial charge is 0.224 e. The first-order valence-corrected chi connectivity index (χ1v) is 8.21. The molecule has 2 atom stereocenters. The van der Waals surface area contributed by atoms with Crippen molar-refractivity contribution in [3.63, 3.8) is 0 Å². The van der Waals surface area contributed by atoms with Gasteiger partial charge in [-0.2, -0.15) is 0 Å². The molecule has 2 saturated heterocycles. The van der Waals surface area contributed by atoms with E-state index in [9.17, 15) is 4.79 Å². The minimum atomic E-state index is 0. The van der Waals surface area contributed by atoms with Gasteiger partial charge in [0.25, 0.3) is 0 Å². The minimum Gasteiger partial charge on any atom is -0.326 e. The average molecular weight is 374 g/mol. The molecule has 5 heteroatoms. The molecule has 21 heavy (non-hydrogen) atoms. The van der Waals surface area contributed by atoms with Crippen LogP contribution < -0.4 is 10.6 Å². The van der Waals surface area contributed by atoms with Crippen molar-refractivity contribution in [2.24, 2.45) is 5.92 Å². The Labute approximate surface area is 140 Å². The molecule has 0 spiro atoms. The second kappa shape index (κ2) is 7.12. The van der Waals surface area contributed by atoms with Crippen LogP contribution in [-0.4, -0.2) is 18.0 Å². The normalized spacial score (nSPS) is 27.0. The molecular formula is C16H22BrClN2O. The summed E-state index contributed by atoms with van der Waals surface area (Å²) in [6, 6.07) is 7.26. The number of fused-ring (bicyclic) bond motifs is 2. The summed E-state index contributed by atoms with van der Waals surface area (Å²) in [7, 11) is 0. The van der Waals surface area contributed by atoms with Gasteiger partial charge in [-0.05, 0) is 56.2 Å². The Kier molecular flexibility index (Phi) is 5.69. The third-order valence-electron chi connectivity index (χ3n) is 4.50.